The van der Waals surface area contributed by atoms with E-state index in [1.807, 2.05) is 30.3 Å². The first kappa shape index (κ1) is 12.8. The monoisotopic (exact) mass is 326 g/mol. The smallest absolute Gasteiger partial charge is 0.307 e. The van der Waals surface area contributed by atoms with Crippen LogP contribution in [0.5, 0.6) is 0 Å². The Balaban J connectivity index is 2.11. The van der Waals surface area contributed by atoms with Crippen molar-refractivity contribution in [3.63, 3.8) is 0 Å². The summed E-state index contributed by atoms with van der Waals surface area (Å²) in [7, 11) is 1.64. The molecule has 19 heavy (non-hydrogen) atoms. The fourth-order valence-corrected chi connectivity index (χ4v) is 2.96. The molecular formula is C14H13BrF2N2. The van der Waals surface area contributed by atoms with Crippen LogP contribution in [0.15, 0.2) is 34.9 Å². The van der Waals surface area contributed by atoms with Crippen LogP contribution in [0, 0.1) is 5.92 Å². The Morgan fingerprint density at radius 1 is 1.26 bits per heavy atom. The first-order chi connectivity index (χ1) is 9.01. The van der Waals surface area contributed by atoms with Gasteiger partial charge in [-0.05, 0) is 28.8 Å². The zero-order valence-corrected chi connectivity index (χ0v) is 12.0. The fourth-order valence-electron chi connectivity index (χ4n) is 2.30. The fraction of sp³-hybridized carbons (Fsp3) is 0.357. The summed E-state index contributed by atoms with van der Waals surface area (Å²) in [5.74, 6) is -3.55. The van der Waals surface area contributed by atoms with Crippen molar-refractivity contribution in [3.05, 3.63) is 40.8 Å². The Morgan fingerprint density at radius 2 is 1.89 bits per heavy atom. The maximum Gasteiger partial charge on any atom is 0.307 e. The summed E-state index contributed by atoms with van der Waals surface area (Å²) in [6, 6.07) is 9.44. The highest BCUT2D eigenvalue weighted by Crippen LogP contribution is 2.50. The molecule has 3 rings (SSSR count). The molecule has 1 saturated carbocycles. The Bertz CT molecular complexity index is 603. The first-order valence-electron chi connectivity index (χ1n) is 6.17. The average molecular weight is 327 g/mol. The molecule has 0 saturated heterocycles. The van der Waals surface area contributed by atoms with E-state index >= 15 is 0 Å². The second-order valence-corrected chi connectivity index (χ2v) is 5.65. The highest BCUT2D eigenvalue weighted by atomic mass is 79.9. The largest absolute Gasteiger partial charge is 0.325 e. The van der Waals surface area contributed by atoms with E-state index in [4.69, 9.17) is 0 Å². The number of aromatic nitrogens is 2. The number of hydrogen-bond acceptors (Lipinski definition) is 1. The molecule has 2 nitrogen and oxygen atoms in total. The van der Waals surface area contributed by atoms with Crippen LogP contribution < -0.4 is 0 Å². The lowest BCUT2D eigenvalue weighted by atomic mass is 10.1. The van der Waals surface area contributed by atoms with E-state index in [0.29, 0.717) is 23.1 Å². The van der Waals surface area contributed by atoms with Crippen LogP contribution in [0.1, 0.15) is 18.7 Å². The van der Waals surface area contributed by atoms with Crippen molar-refractivity contribution in [1.29, 1.82) is 0 Å². The van der Waals surface area contributed by atoms with Crippen molar-refractivity contribution in [1.82, 2.24) is 9.55 Å². The molecule has 0 spiro atoms. The van der Waals surface area contributed by atoms with Crippen LogP contribution in [0.3, 0.4) is 0 Å². The molecule has 1 aromatic heterocycles. The molecule has 0 bridgehead atoms. The Hall–Kier alpha value is -1.23. The van der Waals surface area contributed by atoms with Gasteiger partial charge in [0.1, 0.15) is 4.60 Å². The van der Waals surface area contributed by atoms with Crippen LogP contribution in [0.25, 0.3) is 11.3 Å². The van der Waals surface area contributed by atoms with E-state index in [1.54, 1.807) is 7.05 Å². The number of nitrogens with zero attached hydrogens (tertiary/aromatic N) is 2. The van der Waals surface area contributed by atoms with Crippen molar-refractivity contribution in [2.24, 2.45) is 13.0 Å². The molecule has 100 valence electrons. The number of alkyl halides is 2. The molecule has 1 fully saturated rings. The van der Waals surface area contributed by atoms with Gasteiger partial charge in [0.15, 0.2) is 5.82 Å². The SMILES string of the molecule is Cn1c(C(F)(F)C2CC2)nc(Br)c1-c1ccccc1. The van der Waals surface area contributed by atoms with Gasteiger partial charge in [0.2, 0.25) is 0 Å². The van der Waals surface area contributed by atoms with Gasteiger partial charge in [-0.2, -0.15) is 8.78 Å². The molecule has 0 N–H and O–H groups in total. The summed E-state index contributed by atoms with van der Waals surface area (Å²) in [6.45, 7) is 0. The van der Waals surface area contributed by atoms with E-state index < -0.39 is 11.8 Å². The molecule has 0 atom stereocenters. The number of benzene rings is 1. The number of rotatable bonds is 3. The number of imidazole rings is 1. The van der Waals surface area contributed by atoms with Crippen LogP contribution >= 0.6 is 15.9 Å². The molecule has 1 heterocycles. The van der Waals surface area contributed by atoms with Crippen LogP contribution in [-0.2, 0) is 13.0 Å². The molecule has 1 aromatic carbocycles. The first-order valence-corrected chi connectivity index (χ1v) is 6.97. The van der Waals surface area contributed by atoms with Gasteiger partial charge in [0.25, 0.3) is 0 Å². The molecule has 0 aliphatic heterocycles. The minimum atomic E-state index is -2.84. The Morgan fingerprint density at radius 3 is 2.47 bits per heavy atom. The Kier molecular flexibility index (Phi) is 2.96. The average Bonchev–Trinajstić information content (AvgIpc) is 3.18. The predicted molar refractivity (Wildman–Crippen MR) is 73.0 cm³/mol. The van der Waals surface area contributed by atoms with Crippen molar-refractivity contribution < 1.29 is 8.78 Å². The molecule has 0 amide bonds. The molecule has 5 heteroatoms. The zero-order valence-electron chi connectivity index (χ0n) is 10.4. The van der Waals surface area contributed by atoms with Crippen LogP contribution in [-0.4, -0.2) is 9.55 Å². The summed E-state index contributed by atoms with van der Waals surface area (Å²) >= 11 is 3.30. The highest BCUT2D eigenvalue weighted by molar-refractivity contribution is 9.10. The van der Waals surface area contributed by atoms with Gasteiger partial charge < -0.3 is 4.57 Å². The minimum absolute atomic E-state index is 0.152. The molecule has 1 aliphatic rings. The summed E-state index contributed by atoms with van der Waals surface area (Å²) in [5, 5.41) is 0. The Labute approximate surface area is 118 Å². The minimum Gasteiger partial charge on any atom is -0.325 e. The van der Waals surface area contributed by atoms with E-state index in [-0.39, 0.29) is 5.82 Å². The maximum atomic E-state index is 14.2. The van der Waals surface area contributed by atoms with Gasteiger partial charge in [-0.25, -0.2) is 4.98 Å². The van der Waals surface area contributed by atoms with E-state index in [9.17, 15) is 8.78 Å². The van der Waals surface area contributed by atoms with E-state index in [0.717, 1.165) is 5.56 Å². The lowest BCUT2D eigenvalue weighted by Crippen LogP contribution is -2.21. The summed E-state index contributed by atoms with van der Waals surface area (Å²) in [6.07, 6.45) is 1.16. The zero-order chi connectivity index (χ0) is 13.6. The number of halogens is 3. The quantitative estimate of drug-likeness (QED) is 0.819. The van der Waals surface area contributed by atoms with E-state index in [1.165, 1.54) is 4.57 Å². The predicted octanol–water partition coefficient (Wildman–Crippen LogP) is 4.35. The molecule has 1 aliphatic carbocycles. The van der Waals surface area contributed by atoms with Crippen molar-refractivity contribution in [3.8, 4) is 11.3 Å². The van der Waals surface area contributed by atoms with Crippen molar-refractivity contribution in [2.75, 3.05) is 0 Å². The molecular weight excluding hydrogens is 314 g/mol. The van der Waals surface area contributed by atoms with Crippen LogP contribution in [0.4, 0.5) is 8.78 Å². The second kappa shape index (κ2) is 4.40. The van der Waals surface area contributed by atoms with Gasteiger partial charge in [-0.3, -0.25) is 0 Å². The normalized spacial score (nSPS) is 15.8. The molecule has 2 aromatic rings. The van der Waals surface area contributed by atoms with Gasteiger partial charge in [0.05, 0.1) is 5.69 Å². The number of hydrogen-bond donors (Lipinski definition) is 0. The maximum absolute atomic E-state index is 14.2. The van der Waals surface area contributed by atoms with Crippen LogP contribution in [0.2, 0.25) is 0 Å². The second-order valence-electron chi connectivity index (χ2n) is 4.90. The van der Waals surface area contributed by atoms with Gasteiger partial charge in [-0.15, -0.1) is 0 Å². The third kappa shape index (κ3) is 2.10. The van der Waals surface area contributed by atoms with Gasteiger partial charge in [0, 0.05) is 18.5 Å². The summed E-state index contributed by atoms with van der Waals surface area (Å²) in [4.78, 5) is 4.05. The highest BCUT2D eigenvalue weighted by Gasteiger charge is 2.51. The topological polar surface area (TPSA) is 17.8 Å². The van der Waals surface area contributed by atoms with Crippen molar-refractivity contribution in [2.45, 2.75) is 18.8 Å². The summed E-state index contributed by atoms with van der Waals surface area (Å²) in [5.41, 5.74) is 1.57. The molecule has 0 radical (unpaired) electrons. The third-order valence-corrected chi connectivity index (χ3v) is 4.04. The van der Waals surface area contributed by atoms with Gasteiger partial charge in [-0.1, -0.05) is 30.3 Å². The van der Waals surface area contributed by atoms with Gasteiger partial charge >= 0.3 is 5.92 Å². The lowest BCUT2D eigenvalue weighted by molar-refractivity contribution is -0.0398. The van der Waals surface area contributed by atoms with Crippen molar-refractivity contribution >= 4 is 15.9 Å². The molecule has 0 unspecified atom stereocenters. The third-order valence-electron chi connectivity index (χ3n) is 3.49. The summed E-state index contributed by atoms with van der Waals surface area (Å²) < 4.78 is 30.4. The van der Waals surface area contributed by atoms with E-state index in [2.05, 4.69) is 20.9 Å². The lowest BCUT2D eigenvalue weighted by Gasteiger charge is -2.15. The standard InChI is InChI=1S/C14H13BrF2N2/c1-19-11(9-5-3-2-4-6-9)12(15)18-13(19)14(16,17)10-7-8-10/h2-6,10H,7-8H2,1H3.